The number of halogens is 1. The fourth-order valence-electron chi connectivity index (χ4n) is 1.92. The van der Waals surface area contributed by atoms with Gasteiger partial charge >= 0.3 is 5.97 Å². The normalized spacial score (nSPS) is 10.1. The SMILES string of the molecule is CCOC(=O)c1ccc(NC(=O)CCOc2ccc(Cl)cc2)cc1. The van der Waals surface area contributed by atoms with E-state index in [2.05, 4.69) is 5.32 Å². The van der Waals surface area contributed by atoms with Gasteiger partial charge in [-0.2, -0.15) is 0 Å². The standard InChI is InChI=1S/C18H18ClNO4/c1-2-23-18(22)13-3-7-15(8-4-13)20-17(21)11-12-24-16-9-5-14(19)6-10-16/h3-10H,2,11-12H2,1H3,(H,20,21). The van der Waals surface area contributed by atoms with Crippen LogP contribution in [0.3, 0.4) is 0 Å². The molecule has 0 radical (unpaired) electrons. The molecule has 0 aliphatic heterocycles. The third-order valence-corrected chi connectivity index (χ3v) is 3.34. The van der Waals surface area contributed by atoms with Crippen molar-refractivity contribution in [3.63, 3.8) is 0 Å². The first-order valence-electron chi connectivity index (χ1n) is 7.54. The summed E-state index contributed by atoms with van der Waals surface area (Å²) in [7, 11) is 0. The molecule has 0 saturated carbocycles. The highest BCUT2D eigenvalue weighted by molar-refractivity contribution is 6.30. The maximum absolute atomic E-state index is 11.9. The van der Waals surface area contributed by atoms with Crippen molar-refractivity contribution in [3.8, 4) is 5.75 Å². The van der Waals surface area contributed by atoms with Crippen LogP contribution in [-0.2, 0) is 9.53 Å². The lowest BCUT2D eigenvalue weighted by Crippen LogP contribution is -2.15. The Morgan fingerprint density at radius 1 is 1.04 bits per heavy atom. The van der Waals surface area contributed by atoms with Gasteiger partial charge in [-0.3, -0.25) is 4.79 Å². The zero-order valence-corrected chi connectivity index (χ0v) is 14.0. The second kappa shape index (κ2) is 8.93. The summed E-state index contributed by atoms with van der Waals surface area (Å²) in [6, 6.07) is 13.5. The number of carbonyl (C=O) groups excluding carboxylic acids is 2. The molecule has 2 aromatic carbocycles. The monoisotopic (exact) mass is 347 g/mol. The molecule has 6 heteroatoms. The summed E-state index contributed by atoms with van der Waals surface area (Å²) in [6.45, 7) is 2.33. The Morgan fingerprint density at radius 3 is 2.33 bits per heavy atom. The zero-order valence-electron chi connectivity index (χ0n) is 13.3. The third kappa shape index (κ3) is 5.59. The topological polar surface area (TPSA) is 64.6 Å². The van der Waals surface area contributed by atoms with Crippen molar-refractivity contribution < 1.29 is 19.1 Å². The van der Waals surface area contributed by atoms with E-state index in [1.807, 2.05) is 0 Å². The summed E-state index contributed by atoms with van der Waals surface area (Å²) < 4.78 is 10.4. The summed E-state index contributed by atoms with van der Waals surface area (Å²) in [4.78, 5) is 23.4. The second-order valence-electron chi connectivity index (χ2n) is 4.90. The maximum Gasteiger partial charge on any atom is 0.338 e. The predicted octanol–water partition coefficient (Wildman–Crippen LogP) is 3.92. The van der Waals surface area contributed by atoms with Crippen LogP contribution in [0.2, 0.25) is 5.02 Å². The molecule has 0 atom stereocenters. The highest BCUT2D eigenvalue weighted by atomic mass is 35.5. The minimum absolute atomic E-state index is 0.173. The van der Waals surface area contributed by atoms with E-state index in [4.69, 9.17) is 21.1 Å². The van der Waals surface area contributed by atoms with E-state index >= 15 is 0 Å². The van der Waals surface area contributed by atoms with Crippen molar-refractivity contribution in [2.75, 3.05) is 18.5 Å². The van der Waals surface area contributed by atoms with Crippen molar-refractivity contribution in [3.05, 3.63) is 59.1 Å². The second-order valence-corrected chi connectivity index (χ2v) is 5.33. The Kier molecular flexibility index (Phi) is 6.63. The van der Waals surface area contributed by atoms with Gasteiger partial charge in [0.05, 0.1) is 25.2 Å². The van der Waals surface area contributed by atoms with E-state index in [1.165, 1.54) is 0 Å². The van der Waals surface area contributed by atoms with Crippen molar-refractivity contribution in [1.29, 1.82) is 0 Å². The van der Waals surface area contributed by atoms with E-state index in [0.29, 0.717) is 28.6 Å². The molecule has 126 valence electrons. The number of benzene rings is 2. The first-order valence-corrected chi connectivity index (χ1v) is 7.91. The van der Waals surface area contributed by atoms with Crippen LogP contribution in [0.1, 0.15) is 23.7 Å². The molecule has 5 nitrogen and oxygen atoms in total. The number of amides is 1. The lowest BCUT2D eigenvalue weighted by molar-refractivity contribution is -0.116. The van der Waals surface area contributed by atoms with Crippen molar-refractivity contribution in [2.45, 2.75) is 13.3 Å². The number of rotatable bonds is 7. The van der Waals surface area contributed by atoms with E-state index in [-0.39, 0.29) is 24.9 Å². The largest absolute Gasteiger partial charge is 0.493 e. The molecule has 1 amide bonds. The molecule has 0 spiro atoms. The fourth-order valence-corrected chi connectivity index (χ4v) is 2.05. The van der Waals surface area contributed by atoms with Crippen LogP contribution in [0.25, 0.3) is 0 Å². The van der Waals surface area contributed by atoms with E-state index in [0.717, 1.165) is 0 Å². The summed E-state index contributed by atoms with van der Waals surface area (Å²) >= 11 is 5.79. The molecule has 0 aliphatic carbocycles. The van der Waals surface area contributed by atoms with Crippen LogP contribution in [0.5, 0.6) is 5.75 Å². The minimum atomic E-state index is -0.383. The summed E-state index contributed by atoms with van der Waals surface area (Å²) in [5.74, 6) is 0.102. The van der Waals surface area contributed by atoms with Crippen molar-refractivity contribution >= 4 is 29.2 Å². The van der Waals surface area contributed by atoms with Gasteiger partial charge in [-0.25, -0.2) is 4.79 Å². The van der Waals surface area contributed by atoms with Crippen LogP contribution in [0.4, 0.5) is 5.69 Å². The molecule has 0 heterocycles. The smallest absolute Gasteiger partial charge is 0.338 e. The number of esters is 1. The fraction of sp³-hybridized carbons (Fsp3) is 0.222. The molecule has 1 N–H and O–H groups in total. The Morgan fingerprint density at radius 2 is 1.71 bits per heavy atom. The summed E-state index contributed by atoms with van der Waals surface area (Å²) in [5.41, 5.74) is 1.06. The van der Waals surface area contributed by atoms with E-state index < -0.39 is 0 Å². The molecular formula is C18H18ClNO4. The number of ether oxygens (including phenoxy) is 2. The van der Waals surface area contributed by atoms with E-state index in [9.17, 15) is 9.59 Å². The molecule has 2 rings (SSSR count). The quantitative estimate of drug-likeness (QED) is 0.771. The average Bonchev–Trinajstić information content (AvgIpc) is 2.57. The molecule has 0 unspecified atom stereocenters. The molecular weight excluding hydrogens is 330 g/mol. The summed E-state index contributed by atoms with van der Waals surface area (Å²) in [5, 5.41) is 3.37. The zero-order chi connectivity index (χ0) is 17.4. The van der Waals surface area contributed by atoms with Crippen LogP contribution >= 0.6 is 11.6 Å². The van der Waals surface area contributed by atoms with Crippen LogP contribution < -0.4 is 10.1 Å². The van der Waals surface area contributed by atoms with Crippen LogP contribution in [0.15, 0.2) is 48.5 Å². The number of hydrogen-bond acceptors (Lipinski definition) is 4. The Labute approximate surface area is 145 Å². The average molecular weight is 348 g/mol. The molecule has 0 saturated heterocycles. The van der Waals surface area contributed by atoms with Gasteiger partial charge in [-0.15, -0.1) is 0 Å². The van der Waals surface area contributed by atoms with Crippen molar-refractivity contribution in [2.24, 2.45) is 0 Å². The van der Waals surface area contributed by atoms with E-state index in [1.54, 1.807) is 55.5 Å². The van der Waals surface area contributed by atoms with Gasteiger partial charge in [0.15, 0.2) is 0 Å². The van der Waals surface area contributed by atoms with Gasteiger partial charge in [0, 0.05) is 10.7 Å². The third-order valence-electron chi connectivity index (χ3n) is 3.09. The molecule has 0 aromatic heterocycles. The van der Waals surface area contributed by atoms with Gasteiger partial charge in [0.25, 0.3) is 0 Å². The molecule has 0 aliphatic rings. The van der Waals surface area contributed by atoms with Gasteiger partial charge in [0.1, 0.15) is 5.75 Å². The Balaban J connectivity index is 1.77. The van der Waals surface area contributed by atoms with Crippen LogP contribution in [0, 0.1) is 0 Å². The highest BCUT2D eigenvalue weighted by Gasteiger charge is 2.07. The Hall–Kier alpha value is -2.53. The van der Waals surface area contributed by atoms with Gasteiger partial charge in [0.2, 0.25) is 5.91 Å². The first kappa shape index (κ1) is 17.8. The number of carbonyl (C=O) groups is 2. The van der Waals surface area contributed by atoms with Gasteiger partial charge in [-0.1, -0.05) is 11.6 Å². The maximum atomic E-state index is 11.9. The van der Waals surface area contributed by atoms with Crippen molar-refractivity contribution in [1.82, 2.24) is 0 Å². The minimum Gasteiger partial charge on any atom is -0.493 e. The summed E-state index contributed by atoms with van der Waals surface area (Å²) in [6.07, 6.45) is 0.211. The van der Waals surface area contributed by atoms with Crippen LogP contribution in [-0.4, -0.2) is 25.1 Å². The number of nitrogens with one attached hydrogen (secondary N) is 1. The predicted molar refractivity (Wildman–Crippen MR) is 92.6 cm³/mol. The van der Waals surface area contributed by atoms with Gasteiger partial charge in [-0.05, 0) is 55.5 Å². The number of anilines is 1. The molecule has 24 heavy (non-hydrogen) atoms. The Bertz CT molecular complexity index is 683. The molecule has 0 fully saturated rings. The molecule has 0 bridgehead atoms. The lowest BCUT2D eigenvalue weighted by atomic mass is 10.2. The van der Waals surface area contributed by atoms with Gasteiger partial charge < -0.3 is 14.8 Å². The lowest BCUT2D eigenvalue weighted by Gasteiger charge is -2.08. The first-order chi connectivity index (χ1) is 11.6. The number of hydrogen-bond donors (Lipinski definition) is 1. The highest BCUT2D eigenvalue weighted by Crippen LogP contribution is 2.16. The molecule has 2 aromatic rings.